The normalized spacial score (nSPS) is 13.7. The lowest BCUT2D eigenvalue weighted by Gasteiger charge is -2.39. The third-order valence-corrected chi connectivity index (χ3v) is 6.66. The molecule has 0 aliphatic rings. The maximum Gasteiger partial charge on any atom is 0.416 e. The minimum absolute atomic E-state index is 0.00183. The Morgan fingerprint density at radius 2 is 1.63 bits per heavy atom. The average molecular weight is 600 g/mol. The number of aromatic nitrogens is 2. The molecular formula is C26H26BrF4N3O4. The Bertz CT molecular complexity index is 1450. The van der Waals surface area contributed by atoms with Crippen molar-refractivity contribution in [2.45, 2.75) is 58.3 Å². The first-order chi connectivity index (χ1) is 17.6. The van der Waals surface area contributed by atoms with Crippen LogP contribution in [0.25, 0.3) is 0 Å². The summed E-state index contributed by atoms with van der Waals surface area (Å²) in [6.45, 7) is 5.14. The summed E-state index contributed by atoms with van der Waals surface area (Å²) in [7, 11) is 0. The Morgan fingerprint density at radius 1 is 1.00 bits per heavy atom. The Kier molecular flexibility index (Phi) is 8.37. The predicted molar refractivity (Wildman–Crippen MR) is 136 cm³/mol. The molecule has 0 bridgehead atoms. The van der Waals surface area contributed by atoms with Gasteiger partial charge in [0, 0.05) is 16.8 Å². The zero-order valence-corrected chi connectivity index (χ0v) is 22.6. The number of alkyl halides is 3. The molecule has 3 aromatic rings. The van der Waals surface area contributed by atoms with Crippen molar-refractivity contribution in [2.24, 2.45) is 0 Å². The van der Waals surface area contributed by atoms with Gasteiger partial charge in [-0.15, -0.1) is 0 Å². The van der Waals surface area contributed by atoms with E-state index in [1.165, 1.54) is 6.92 Å². The van der Waals surface area contributed by atoms with Gasteiger partial charge in [-0.2, -0.15) is 13.2 Å². The van der Waals surface area contributed by atoms with Gasteiger partial charge in [-0.25, -0.2) is 9.18 Å². The summed E-state index contributed by atoms with van der Waals surface area (Å²) >= 11 is 3.13. The molecule has 1 amide bonds. The molecule has 1 heterocycles. The molecule has 0 fully saturated rings. The van der Waals surface area contributed by atoms with Crippen LogP contribution in [-0.4, -0.2) is 21.1 Å². The van der Waals surface area contributed by atoms with Gasteiger partial charge < -0.3 is 10.1 Å². The summed E-state index contributed by atoms with van der Waals surface area (Å²) in [5, 5.41) is 2.58. The molecule has 3 rings (SSSR count). The number of benzene rings is 2. The highest BCUT2D eigenvalue weighted by Crippen LogP contribution is 2.34. The van der Waals surface area contributed by atoms with Gasteiger partial charge >= 0.3 is 11.9 Å². The lowest BCUT2D eigenvalue weighted by Crippen LogP contribution is -2.55. The quantitative estimate of drug-likeness (QED) is 0.231. The van der Waals surface area contributed by atoms with Gasteiger partial charge in [-0.1, -0.05) is 36.4 Å². The standard InChI is InChI=1S/C26H26BrF4N3O4/c1-16-21(27)22(36)34(14-25(32-15-35,38-24(2,3)4)17-9-6-5-7-10-17)23(37)33(16)13-18-19(26(29,30)31)11-8-12-20(18)28/h5-12,15H,13-14H2,1-4H3,(H,32,35)/t25-/m0/s1. The smallest absolute Gasteiger partial charge is 0.344 e. The fraction of sp³-hybridized carbons (Fsp3) is 0.346. The molecule has 1 N–H and O–H groups in total. The van der Waals surface area contributed by atoms with E-state index in [2.05, 4.69) is 21.2 Å². The predicted octanol–water partition coefficient (Wildman–Crippen LogP) is 4.70. The summed E-state index contributed by atoms with van der Waals surface area (Å²) in [4.78, 5) is 38.6. The average Bonchev–Trinajstić information content (AvgIpc) is 2.83. The van der Waals surface area contributed by atoms with Crippen LogP contribution in [-0.2, 0) is 34.5 Å². The number of hydrogen-bond donors (Lipinski definition) is 1. The molecule has 0 aliphatic heterocycles. The summed E-state index contributed by atoms with van der Waals surface area (Å²) in [5.41, 5.74) is -6.01. The van der Waals surface area contributed by atoms with Crippen LogP contribution in [0.1, 0.15) is 43.2 Å². The van der Waals surface area contributed by atoms with E-state index in [1.807, 2.05) is 0 Å². The van der Waals surface area contributed by atoms with E-state index in [4.69, 9.17) is 4.74 Å². The van der Waals surface area contributed by atoms with Crippen molar-refractivity contribution in [1.29, 1.82) is 0 Å². The minimum Gasteiger partial charge on any atom is -0.344 e. The number of ether oxygens (including phenoxy) is 1. The second kappa shape index (κ2) is 10.9. The van der Waals surface area contributed by atoms with E-state index in [1.54, 1.807) is 51.1 Å². The van der Waals surface area contributed by atoms with Gasteiger partial charge in [0.15, 0.2) is 5.72 Å². The number of amides is 1. The summed E-state index contributed by atoms with van der Waals surface area (Å²) in [5.74, 6) is -1.16. The van der Waals surface area contributed by atoms with Crippen LogP contribution in [0.15, 0.2) is 62.6 Å². The summed E-state index contributed by atoms with van der Waals surface area (Å²) < 4.78 is 63.2. The van der Waals surface area contributed by atoms with Crippen LogP contribution in [0, 0.1) is 12.7 Å². The Morgan fingerprint density at radius 3 is 2.18 bits per heavy atom. The lowest BCUT2D eigenvalue weighted by molar-refractivity contribution is -0.168. The monoisotopic (exact) mass is 599 g/mol. The Balaban J connectivity index is 2.28. The Labute approximate surface area is 224 Å². The summed E-state index contributed by atoms with van der Waals surface area (Å²) in [6, 6.07) is 10.8. The molecule has 0 unspecified atom stereocenters. The van der Waals surface area contributed by atoms with Crippen LogP contribution >= 0.6 is 15.9 Å². The van der Waals surface area contributed by atoms with E-state index in [-0.39, 0.29) is 10.2 Å². The third-order valence-electron chi connectivity index (χ3n) is 5.75. The highest BCUT2D eigenvalue weighted by molar-refractivity contribution is 9.10. The second-order valence-electron chi connectivity index (χ2n) is 9.59. The topological polar surface area (TPSA) is 82.3 Å². The van der Waals surface area contributed by atoms with Gasteiger partial charge in [0.2, 0.25) is 6.41 Å². The molecule has 0 spiro atoms. The van der Waals surface area contributed by atoms with Crippen molar-refractivity contribution < 1.29 is 27.1 Å². The van der Waals surface area contributed by atoms with E-state index in [0.29, 0.717) is 12.0 Å². The lowest BCUT2D eigenvalue weighted by atomic mass is 10.0. The van der Waals surface area contributed by atoms with Gasteiger partial charge in [-0.05, 0) is 55.8 Å². The number of carbonyl (C=O) groups excluding carboxylic acids is 1. The molecule has 2 aromatic carbocycles. The number of carbonyl (C=O) groups is 1. The molecular weight excluding hydrogens is 574 g/mol. The first kappa shape index (κ1) is 29.3. The van der Waals surface area contributed by atoms with E-state index in [0.717, 1.165) is 27.3 Å². The van der Waals surface area contributed by atoms with Crippen LogP contribution in [0.5, 0.6) is 0 Å². The van der Waals surface area contributed by atoms with E-state index in [9.17, 15) is 31.9 Å². The van der Waals surface area contributed by atoms with Gasteiger partial charge in [0.1, 0.15) is 10.3 Å². The van der Waals surface area contributed by atoms with Crippen LogP contribution < -0.4 is 16.6 Å². The van der Waals surface area contributed by atoms with Gasteiger partial charge in [-0.3, -0.25) is 18.7 Å². The van der Waals surface area contributed by atoms with E-state index < -0.39 is 58.8 Å². The molecule has 1 aromatic heterocycles. The zero-order chi connectivity index (χ0) is 28.5. The highest BCUT2D eigenvalue weighted by atomic mass is 79.9. The van der Waals surface area contributed by atoms with Crippen LogP contribution in [0.3, 0.4) is 0 Å². The largest absolute Gasteiger partial charge is 0.416 e. The number of rotatable bonds is 8. The highest BCUT2D eigenvalue weighted by Gasteiger charge is 2.39. The van der Waals surface area contributed by atoms with Crippen molar-refractivity contribution in [3.8, 4) is 0 Å². The molecule has 38 heavy (non-hydrogen) atoms. The Hall–Kier alpha value is -3.25. The zero-order valence-electron chi connectivity index (χ0n) is 21.0. The molecule has 0 saturated carbocycles. The SMILES string of the molecule is Cc1c(Br)c(=O)n(C[C@](NC=O)(OC(C)(C)C)c2ccccc2)c(=O)n1Cc1c(F)cccc1C(F)(F)F. The first-order valence-corrected chi connectivity index (χ1v) is 12.2. The van der Waals surface area contributed by atoms with Crippen LogP contribution in [0.4, 0.5) is 17.6 Å². The second-order valence-corrected chi connectivity index (χ2v) is 10.4. The molecule has 12 heteroatoms. The fourth-order valence-corrected chi connectivity index (χ4v) is 4.55. The molecule has 0 saturated heterocycles. The maximum absolute atomic E-state index is 14.6. The van der Waals surface area contributed by atoms with Gasteiger partial charge in [0.05, 0.1) is 24.3 Å². The first-order valence-electron chi connectivity index (χ1n) is 11.4. The van der Waals surface area contributed by atoms with E-state index >= 15 is 0 Å². The number of nitrogens with zero attached hydrogens (tertiary/aromatic N) is 2. The molecule has 0 aliphatic carbocycles. The maximum atomic E-state index is 14.6. The fourth-order valence-electron chi connectivity index (χ4n) is 4.13. The minimum atomic E-state index is -4.88. The van der Waals surface area contributed by atoms with Crippen molar-refractivity contribution in [3.05, 3.63) is 102 Å². The number of halogens is 5. The van der Waals surface area contributed by atoms with Gasteiger partial charge in [0.25, 0.3) is 5.56 Å². The van der Waals surface area contributed by atoms with Crippen molar-refractivity contribution >= 4 is 22.3 Å². The number of nitrogens with one attached hydrogen (secondary N) is 1. The molecule has 204 valence electrons. The van der Waals surface area contributed by atoms with Crippen molar-refractivity contribution in [2.75, 3.05) is 0 Å². The summed E-state index contributed by atoms with van der Waals surface area (Å²) in [6.07, 6.45) is -4.52. The number of hydrogen-bond acceptors (Lipinski definition) is 4. The molecule has 0 radical (unpaired) electrons. The van der Waals surface area contributed by atoms with Crippen LogP contribution in [0.2, 0.25) is 0 Å². The molecule has 1 atom stereocenters. The molecule has 7 nitrogen and oxygen atoms in total. The van der Waals surface area contributed by atoms with Crippen molar-refractivity contribution in [3.63, 3.8) is 0 Å². The third kappa shape index (κ3) is 6.07. The van der Waals surface area contributed by atoms with Crippen molar-refractivity contribution in [1.82, 2.24) is 14.5 Å².